The maximum Gasteiger partial charge on any atom is 0.264 e. The molecule has 2 amide bonds. The Hall–Kier alpha value is -2.89. The van der Waals surface area contributed by atoms with Gasteiger partial charge in [-0.05, 0) is 68.1 Å². The van der Waals surface area contributed by atoms with Gasteiger partial charge in [0.15, 0.2) is 0 Å². The van der Waals surface area contributed by atoms with Crippen LogP contribution in [-0.2, 0) is 25.0 Å². The van der Waals surface area contributed by atoms with Crippen molar-refractivity contribution in [3.8, 4) is 6.07 Å². The molecule has 0 aromatic heterocycles. The molecule has 1 aliphatic carbocycles. The summed E-state index contributed by atoms with van der Waals surface area (Å²) in [6.07, 6.45) is 2.61. The lowest BCUT2D eigenvalue weighted by atomic mass is 9.62. The number of likely N-dealkylation sites (tertiary alicyclic amines) is 1. The molecule has 1 atom stereocenters. The summed E-state index contributed by atoms with van der Waals surface area (Å²) in [5.74, 6) is -0.905. The summed E-state index contributed by atoms with van der Waals surface area (Å²) in [5, 5.41) is 9.46. The van der Waals surface area contributed by atoms with Crippen molar-refractivity contribution in [3.05, 3.63) is 64.7 Å². The standard InChI is InChI=1S/C23H22ClN3O4S/c1-22(20(28)26-32(30,31)19-9-3-16(15-25)4-10-19)13-14-27(22)21(29)23(11-2-12-23)17-5-7-18(24)8-6-17/h3-10H,2,11-14H2,1H3,(H,26,28). The van der Waals surface area contributed by atoms with Crippen molar-refractivity contribution in [3.63, 3.8) is 0 Å². The summed E-state index contributed by atoms with van der Waals surface area (Å²) in [4.78, 5) is 28.0. The third-order valence-corrected chi connectivity index (χ3v) is 8.29. The molecule has 2 fully saturated rings. The van der Waals surface area contributed by atoms with Crippen LogP contribution in [-0.4, -0.2) is 37.2 Å². The van der Waals surface area contributed by atoms with Gasteiger partial charge >= 0.3 is 0 Å². The van der Waals surface area contributed by atoms with E-state index >= 15 is 0 Å². The maximum absolute atomic E-state index is 13.6. The SMILES string of the molecule is CC1(C(=O)NS(=O)(=O)c2ccc(C#N)cc2)CCN1C(=O)C1(c2ccc(Cl)cc2)CCC1. The van der Waals surface area contributed by atoms with Gasteiger partial charge in [-0.2, -0.15) is 5.26 Å². The first-order valence-electron chi connectivity index (χ1n) is 10.3. The number of amides is 2. The highest BCUT2D eigenvalue weighted by molar-refractivity contribution is 7.90. The summed E-state index contributed by atoms with van der Waals surface area (Å²) in [6, 6.07) is 14.4. The van der Waals surface area contributed by atoms with Crippen LogP contribution in [0.15, 0.2) is 53.4 Å². The van der Waals surface area contributed by atoms with Gasteiger partial charge in [0.25, 0.3) is 15.9 Å². The lowest BCUT2D eigenvalue weighted by Gasteiger charge is -2.54. The Morgan fingerprint density at radius 2 is 1.69 bits per heavy atom. The monoisotopic (exact) mass is 471 g/mol. The van der Waals surface area contributed by atoms with E-state index < -0.39 is 26.9 Å². The fourth-order valence-electron chi connectivity index (χ4n) is 4.30. The van der Waals surface area contributed by atoms with Gasteiger partial charge in [0, 0.05) is 11.6 Å². The zero-order valence-electron chi connectivity index (χ0n) is 17.5. The van der Waals surface area contributed by atoms with Crippen molar-refractivity contribution in [1.82, 2.24) is 9.62 Å². The Kier molecular flexibility index (Phi) is 5.51. The van der Waals surface area contributed by atoms with Crippen LogP contribution in [0, 0.1) is 11.3 Å². The molecule has 166 valence electrons. The number of nitrogens with zero attached hydrogens (tertiary/aromatic N) is 2. The average molecular weight is 472 g/mol. The Bertz CT molecular complexity index is 1220. The third-order valence-electron chi connectivity index (χ3n) is 6.69. The highest BCUT2D eigenvalue weighted by atomic mass is 35.5. The summed E-state index contributed by atoms with van der Waals surface area (Å²) in [6.45, 7) is 1.97. The number of carbonyl (C=O) groups is 2. The van der Waals surface area contributed by atoms with Crippen molar-refractivity contribution in [1.29, 1.82) is 5.26 Å². The Morgan fingerprint density at radius 1 is 1.06 bits per heavy atom. The zero-order chi connectivity index (χ0) is 23.1. The molecule has 1 N–H and O–H groups in total. The van der Waals surface area contributed by atoms with Gasteiger partial charge in [-0.25, -0.2) is 13.1 Å². The van der Waals surface area contributed by atoms with Crippen LogP contribution in [0.25, 0.3) is 0 Å². The van der Waals surface area contributed by atoms with Gasteiger partial charge in [-0.15, -0.1) is 0 Å². The molecule has 0 bridgehead atoms. The second-order valence-corrected chi connectivity index (χ2v) is 10.6. The normalized spacial score (nSPS) is 21.6. The molecule has 2 aromatic rings. The number of benzene rings is 2. The number of carbonyl (C=O) groups excluding carboxylic acids is 2. The van der Waals surface area contributed by atoms with E-state index in [9.17, 15) is 18.0 Å². The smallest absolute Gasteiger partial charge is 0.264 e. The number of nitrogens with one attached hydrogen (secondary N) is 1. The minimum absolute atomic E-state index is 0.123. The van der Waals surface area contributed by atoms with Gasteiger partial charge in [0.2, 0.25) is 5.91 Å². The topological polar surface area (TPSA) is 107 Å². The van der Waals surface area contributed by atoms with Crippen LogP contribution in [0.3, 0.4) is 0 Å². The van der Waals surface area contributed by atoms with E-state index in [1.165, 1.54) is 29.2 Å². The van der Waals surface area contributed by atoms with Gasteiger partial charge in [-0.1, -0.05) is 30.2 Å². The van der Waals surface area contributed by atoms with Crippen molar-refractivity contribution in [2.75, 3.05) is 6.54 Å². The lowest BCUT2D eigenvalue weighted by Crippen LogP contribution is -2.71. The Balaban J connectivity index is 1.55. The van der Waals surface area contributed by atoms with Crippen LogP contribution in [0.5, 0.6) is 0 Å². The number of hydrogen-bond acceptors (Lipinski definition) is 5. The van der Waals surface area contributed by atoms with E-state index in [1.807, 2.05) is 18.2 Å². The molecule has 32 heavy (non-hydrogen) atoms. The molecule has 1 saturated carbocycles. The van der Waals surface area contributed by atoms with Crippen molar-refractivity contribution in [2.24, 2.45) is 0 Å². The minimum atomic E-state index is -4.14. The molecule has 2 aliphatic rings. The van der Waals surface area contributed by atoms with E-state index in [1.54, 1.807) is 19.1 Å². The van der Waals surface area contributed by atoms with E-state index in [4.69, 9.17) is 16.9 Å². The summed E-state index contributed by atoms with van der Waals surface area (Å²) in [5.41, 5.74) is -0.798. The van der Waals surface area contributed by atoms with Crippen LogP contribution < -0.4 is 4.72 Å². The molecule has 1 unspecified atom stereocenters. The molecule has 1 saturated heterocycles. The van der Waals surface area contributed by atoms with Gasteiger partial charge in [-0.3, -0.25) is 9.59 Å². The van der Waals surface area contributed by atoms with Crippen LogP contribution >= 0.6 is 11.6 Å². The second-order valence-electron chi connectivity index (χ2n) is 8.49. The molecule has 1 aliphatic heterocycles. The summed E-state index contributed by atoms with van der Waals surface area (Å²) >= 11 is 6.00. The molecule has 0 radical (unpaired) electrons. The van der Waals surface area contributed by atoms with Crippen molar-refractivity contribution < 1.29 is 18.0 Å². The van der Waals surface area contributed by atoms with E-state index in [2.05, 4.69) is 4.72 Å². The Morgan fingerprint density at radius 3 is 2.16 bits per heavy atom. The molecular formula is C23H22ClN3O4S. The zero-order valence-corrected chi connectivity index (χ0v) is 19.0. The largest absolute Gasteiger partial charge is 0.327 e. The van der Waals surface area contributed by atoms with E-state index in [0.717, 1.165) is 12.0 Å². The van der Waals surface area contributed by atoms with Gasteiger partial charge < -0.3 is 4.90 Å². The highest BCUT2D eigenvalue weighted by Crippen LogP contribution is 2.48. The minimum Gasteiger partial charge on any atom is -0.327 e. The molecule has 2 aromatic carbocycles. The Labute approximate surface area is 192 Å². The fraction of sp³-hybridized carbons (Fsp3) is 0.348. The number of halogens is 1. The number of sulfonamides is 1. The number of hydrogen-bond donors (Lipinski definition) is 1. The quantitative estimate of drug-likeness (QED) is 0.720. The van der Waals surface area contributed by atoms with E-state index in [-0.39, 0.29) is 10.8 Å². The van der Waals surface area contributed by atoms with Crippen molar-refractivity contribution in [2.45, 2.75) is 48.5 Å². The highest BCUT2D eigenvalue weighted by Gasteiger charge is 2.57. The fourth-order valence-corrected chi connectivity index (χ4v) is 5.51. The lowest BCUT2D eigenvalue weighted by molar-refractivity contribution is -0.163. The van der Waals surface area contributed by atoms with Gasteiger partial charge in [0.1, 0.15) is 5.54 Å². The number of nitriles is 1. The first-order chi connectivity index (χ1) is 15.1. The van der Waals surface area contributed by atoms with Crippen LogP contribution in [0.2, 0.25) is 5.02 Å². The van der Waals surface area contributed by atoms with Crippen LogP contribution in [0.1, 0.15) is 43.7 Å². The molecular weight excluding hydrogens is 450 g/mol. The predicted molar refractivity (Wildman–Crippen MR) is 118 cm³/mol. The van der Waals surface area contributed by atoms with Crippen molar-refractivity contribution >= 4 is 33.4 Å². The number of rotatable bonds is 5. The molecule has 7 nitrogen and oxygen atoms in total. The molecule has 1 heterocycles. The maximum atomic E-state index is 13.6. The summed E-state index contributed by atoms with van der Waals surface area (Å²) in [7, 11) is -4.14. The van der Waals surface area contributed by atoms with E-state index in [0.29, 0.717) is 36.4 Å². The first-order valence-corrected chi connectivity index (χ1v) is 12.1. The second kappa shape index (κ2) is 7.91. The molecule has 9 heteroatoms. The molecule has 4 rings (SSSR count). The average Bonchev–Trinajstić information content (AvgIpc) is 2.72. The molecule has 0 spiro atoms. The predicted octanol–water partition coefficient (Wildman–Crippen LogP) is 3.13. The van der Waals surface area contributed by atoms with Crippen LogP contribution in [0.4, 0.5) is 0 Å². The van der Waals surface area contributed by atoms with Gasteiger partial charge in [0.05, 0.1) is 21.9 Å². The summed E-state index contributed by atoms with van der Waals surface area (Å²) < 4.78 is 27.5. The third kappa shape index (κ3) is 3.55. The first kappa shape index (κ1) is 22.3.